The molecule has 18 heavy (non-hydrogen) atoms. The Labute approximate surface area is 114 Å². The van der Waals surface area contributed by atoms with Crippen molar-refractivity contribution in [3.05, 3.63) is 12.2 Å². The Morgan fingerprint density at radius 2 is 1.44 bits per heavy atom. The first-order valence-electron chi connectivity index (χ1n) is 7.11. The molecule has 2 nitrogen and oxygen atoms in total. The first-order valence-corrected chi connectivity index (χ1v) is 7.11. The zero-order chi connectivity index (χ0) is 14.2. The standard InChI is InChI=1S/C16H32O2/c1-8-10-15(4,5)18-13-11-16(6,7)17-12-9-14(2)3/h2,8-13H2,1,3-7H3. The van der Waals surface area contributed by atoms with E-state index in [2.05, 4.69) is 41.2 Å². The maximum absolute atomic E-state index is 5.94. The Bertz CT molecular complexity index is 241. The van der Waals surface area contributed by atoms with E-state index < -0.39 is 0 Å². The van der Waals surface area contributed by atoms with Gasteiger partial charge < -0.3 is 9.47 Å². The van der Waals surface area contributed by atoms with Crippen LogP contribution in [0.3, 0.4) is 0 Å². The van der Waals surface area contributed by atoms with E-state index >= 15 is 0 Å². The summed E-state index contributed by atoms with van der Waals surface area (Å²) in [5, 5.41) is 0. The van der Waals surface area contributed by atoms with Crippen LogP contribution >= 0.6 is 0 Å². The van der Waals surface area contributed by atoms with E-state index in [-0.39, 0.29) is 11.2 Å². The van der Waals surface area contributed by atoms with Gasteiger partial charge in [0.05, 0.1) is 24.4 Å². The third kappa shape index (κ3) is 9.67. The van der Waals surface area contributed by atoms with Gasteiger partial charge in [-0.25, -0.2) is 0 Å². The highest BCUT2D eigenvalue weighted by Crippen LogP contribution is 2.20. The Morgan fingerprint density at radius 3 is 1.94 bits per heavy atom. The molecule has 108 valence electrons. The van der Waals surface area contributed by atoms with Crippen molar-refractivity contribution in [3.63, 3.8) is 0 Å². The third-order valence-electron chi connectivity index (χ3n) is 3.07. The van der Waals surface area contributed by atoms with E-state index in [0.29, 0.717) is 0 Å². The molecule has 0 radical (unpaired) electrons. The van der Waals surface area contributed by atoms with E-state index in [1.807, 2.05) is 6.92 Å². The van der Waals surface area contributed by atoms with Gasteiger partial charge >= 0.3 is 0 Å². The van der Waals surface area contributed by atoms with Crippen LogP contribution in [0.5, 0.6) is 0 Å². The molecule has 0 amide bonds. The molecule has 0 fully saturated rings. The second-order valence-electron chi connectivity index (χ2n) is 6.42. The third-order valence-corrected chi connectivity index (χ3v) is 3.07. The second-order valence-corrected chi connectivity index (χ2v) is 6.42. The van der Waals surface area contributed by atoms with Crippen LogP contribution in [0, 0.1) is 0 Å². The first kappa shape index (κ1) is 17.7. The van der Waals surface area contributed by atoms with Crippen LogP contribution in [-0.2, 0) is 9.47 Å². The molecular formula is C16H32O2. The predicted molar refractivity (Wildman–Crippen MR) is 79.0 cm³/mol. The van der Waals surface area contributed by atoms with Gasteiger partial charge in [-0.3, -0.25) is 0 Å². The summed E-state index contributed by atoms with van der Waals surface area (Å²) in [6.07, 6.45) is 4.12. The molecule has 0 aromatic carbocycles. The van der Waals surface area contributed by atoms with Crippen LogP contribution in [0.1, 0.15) is 67.2 Å². The average Bonchev–Trinajstić information content (AvgIpc) is 2.15. The quantitative estimate of drug-likeness (QED) is 0.526. The van der Waals surface area contributed by atoms with Gasteiger partial charge in [0, 0.05) is 0 Å². The zero-order valence-corrected chi connectivity index (χ0v) is 13.3. The molecule has 0 rings (SSSR count). The smallest absolute Gasteiger partial charge is 0.0648 e. The van der Waals surface area contributed by atoms with Crippen LogP contribution in [0.2, 0.25) is 0 Å². The average molecular weight is 256 g/mol. The van der Waals surface area contributed by atoms with Crippen molar-refractivity contribution in [1.82, 2.24) is 0 Å². The molecule has 0 aliphatic carbocycles. The lowest BCUT2D eigenvalue weighted by Gasteiger charge is -2.29. The van der Waals surface area contributed by atoms with Gasteiger partial charge in [-0.2, -0.15) is 0 Å². The summed E-state index contributed by atoms with van der Waals surface area (Å²) in [5.41, 5.74) is 1.05. The summed E-state index contributed by atoms with van der Waals surface area (Å²) in [7, 11) is 0. The minimum atomic E-state index is -0.113. The van der Waals surface area contributed by atoms with Gasteiger partial charge in [-0.05, 0) is 53.9 Å². The fourth-order valence-corrected chi connectivity index (χ4v) is 1.82. The lowest BCUT2D eigenvalue weighted by Crippen LogP contribution is -2.31. The summed E-state index contributed by atoms with van der Waals surface area (Å²) in [6.45, 7) is 18.2. The summed E-state index contributed by atoms with van der Waals surface area (Å²) in [4.78, 5) is 0. The summed E-state index contributed by atoms with van der Waals surface area (Å²) < 4.78 is 11.8. The zero-order valence-electron chi connectivity index (χ0n) is 13.3. The molecule has 0 aromatic heterocycles. The van der Waals surface area contributed by atoms with Crippen molar-refractivity contribution in [2.75, 3.05) is 13.2 Å². The highest BCUT2D eigenvalue weighted by molar-refractivity contribution is 4.87. The van der Waals surface area contributed by atoms with Gasteiger partial charge in [0.25, 0.3) is 0 Å². The Morgan fingerprint density at radius 1 is 0.944 bits per heavy atom. The minimum Gasteiger partial charge on any atom is -0.375 e. The van der Waals surface area contributed by atoms with Crippen LogP contribution < -0.4 is 0 Å². The maximum Gasteiger partial charge on any atom is 0.0648 e. The van der Waals surface area contributed by atoms with E-state index in [1.165, 1.54) is 5.57 Å². The van der Waals surface area contributed by atoms with Crippen LogP contribution in [0.15, 0.2) is 12.2 Å². The molecular weight excluding hydrogens is 224 g/mol. The van der Waals surface area contributed by atoms with Crippen molar-refractivity contribution in [2.24, 2.45) is 0 Å². The highest BCUT2D eigenvalue weighted by Gasteiger charge is 2.21. The number of rotatable bonds is 10. The van der Waals surface area contributed by atoms with E-state index in [0.717, 1.165) is 38.9 Å². The number of ether oxygens (including phenoxy) is 2. The molecule has 0 aliphatic heterocycles. The van der Waals surface area contributed by atoms with Crippen molar-refractivity contribution in [1.29, 1.82) is 0 Å². The molecule has 0 atom stereocenters. The molecule has 0 aromatic rings. The van der Waals surface area contributed by atoms with E-state index in [9.17, 15) is 0 Å². The number of hydrogen-bond acceptors (Lipinski definition) is 2. The molecule has 0 bridgehead atoms. The maximum atomic E-state index is 5.94. The van der Waals surface area contributed by atoms with Crippen molar-refractivity contribution >= 4 is 0 Å². The molecule has 0 spiro atoms. The van der Waals surface area contributed by atoms with Gasteiger partial charge in [-0.1, -0.05) is 18.9 Å². The summed E-state index contributed by atoms with van der Waals surface area (Å²) in [5.74, 6) is 0. The number of hydrogen-bond donors (Lipinski definition) is 0. The first-order chi connectivity index (χ1) is 8.18. The predicted octanol–water partition coefficient (Wildman–Crippen LogP) is 4.73. The summed E-state index contributed by atoms with van der Waals surface area (Å²) in [6, 6.07) is 0. The Hall–Kier alpha value is -0.340. The Balaban J connectivity index is 3.85. The molecule has 0 saturated heterocycles. The van der Waals surface area contributed by atoms with Crippen LogP contribution in [-0.4, -0.2) is 24.4 Å². The van der Waals surface area contributed by atoms with Crippen molar-refractivity contribution in [3.8, 4) is 0 Å². The second kappa shape index (κ2) is 7.96. The molecule has 0 heterocycles. The normalized spacial score (nSPS) is 12.8. The molecule has 0 unspecified atom stereocenters. The Kier molecular flexibility index (Phi) is 7.81. The van der Waals surface area contributed by atoms with E-state index in [4.69, 9.17) is 9.47 Å². The van der Waals surface area contributed by atoms with Gasteiger partial charge in [0.1, 0.15) is 0 Å². The van der Waals surface area contributed by atoms with E-state index in [1.54, 1.807) is 0 Å². The molecule has 0 N–H and O–H groups in total. The fourth-order valence-electron chi connectivity index (χ4n) is 1.82. The van der Waals surface area contributed by atoms with Crippen molar-refractivity contribution < 1.29 is 9.47 Å². The molecule has 0 saturated carbocycles. The highest BCUT2D eigenvalue weighted by atomic mass is 16.5. The van der Waals surface area contributed by atoms with Crippen LogP contribution in [0.4, 0.5) is 0 Å². The lowest BCUT2D eigenvalue weighted by atomic mass is 10.0. The van der Waals surface area contributed by atoms with Gasteiger partial charge in [-0.15, -0.1) is 6.58 Å². The molecule has 2 heteroatoms. The topological polar surface area (TPSA) is 18.5 Å². The summed E-state index contributed by atoms with van der Waals surface area (Å²) >= 11 is 0. The fraction of sp³-hybridized carbons (Fsp3) is 0.875. The monoisotopic (exact) mass is 256 g/mol. The lowest BCUT2D eigenvalue weighted by molar-refractivity contribution is -0.0737. The largest absolute Gasteiger partial charge is 0.375 e. The van der Waals surface area contributed by atoms with Gasteiger partial charge in [0.15, 0.2) is 0 Å². The minimum absolute atomic E-state index is 0.0114. The SMILES string of the molecule is C=C(C)CCOC(C)(C)CCOC(C)(C)CCC. The van der Waals surface area contributed by atoms with Gasteiger partial charge in [0.2, 0.25) is 0 Å². The molecule has 0 aliphatic rings. The van der Waals surface area contributed by atoms with Crippen molar-refractivity contribution in [2.45, 2.75) is 78.4 Å². The van der Waals surface area contributed by atoms with Crippen LogP contribution in [0.25, 0.3) is 0 Å².